The molecule has 6 nitrogen and oxygen atoms in total. The minimum absolute atomic E-state index is 0.0742. The number of ether oxygens (including phenoxy) is 2. The van der Waals surface area contributed by atoms with E-state index in [-0.39, 0.29) is 18.5 Å². The molecule has 1 aromatic carbocycles. The van der Waals surface area contributed by atoms with Crippen LogP contribution in [0.2, 0.25) is 0 Å². The topological polar surface area (TPSA) is 85.5 Å². The van der Waals surface area contributed by atoms with E-state index in [4.69, 9.17) is 9.47 Å². The summed E-state index contributed by atoms with van der Waals surface area (Å²) in [6.07, 6.45) is 5.57. The van der Waals surface area contributed by atoms with Gasteiger partial charge in [0, 0.05) is 18.5 Å². The first kappa shape index (κ1) is 18.6. The van der Waals surface area contributed by atoms with Crippen molar-refractivity contribution in [1.82, 2.24) is 5.32 Å². The predicted octanol–water partition coefficient (Wildman–Crippen LogP) is 2.78. The molecule has 0 saturated carbocycles. The summed E-state index contributed by atoms with van der Waals surface area (Å²) in [7, 11) is 0. The van der Waals surface area contributed by atoms with E-state index < -0.39 is 0 Å². The fourth-order valence-corrected chi connectivity index (χ4v) is 4.32. The van der Waals surface area contributed by atoms with Crippen molar-refractivity contribution in [2.75, 3.05) is 12.5 Å². The Hall–Kier alpha value is -2.72. The van der Waals surface area contributed by atoms with Gasteiger partial charge in [0.15, 0.2) is 17.2 Å². The van der Waals surface area contributed by atoms with Crippen LogP contribution in [-0.4, -0.2) is 18.5 Å². The summed E-state index contributed by atoms with van der Waals surface area (Å²) in [5, 5.41) is 13.2. The molecule has 0 bridgehead atoms. The van der Waals surface area contributed by atoms with Crippen molar-refractivity contribution >= 4 is 17.7 Å². The minimum Gasteiger partial charge on any atom is -0.454 e. The van der Waals surface area contributed by atoms with Gasteiger partial charge >= 0.3 is 0 Å². The van der Waals surface area contributed by atoms with Crippen LogP contribution in [0.5, 0.6) is 11.5 Å². The standard InChI is InChI=1S/C21H21N3O3S/c22-10-16-9-15-4-2-1-3-5-17(15)24-21(16)28-12-20(25)23-11-14-6-7-18-19(8-14)27-13-26-18/h6-9H,1-5,11-13H2,(H,23,25)/p+1. The number of nitriles is 1. The Morgan fingerprint density at radius 3 is 2.93 bits per heavy atom. The number of hydrogen-bond acceptors (Lipinski definition) is 5. The molecule has 0 unspecified atom stereocenters. The molecule has 0 fully saturated rings. The third-order valence-electron chi connectivity index (χ3n) is 4.98. The summed E-state index contributed by atoms with van der Waals surface area (Å²) in [5.41, 5.74) is 4.02. The summed E-state index contributed by atoms with van der Waals surface area (Å²) in [4.78, 5) is 15.7. The predicted molar refractivity (Wildman–Crippen MR) is 104 cm³/mol. The monoisotopic (exact) mass is 396 g/mol. The molecule has 1 aliphatic heterocycles. The van der Waals surface area contributed by atoms with Crippen LogP contribution in [0.3, 0.4) is 0 Å². The van der Waals surface area contributed by atoms with E-state index in [1.54, 1.807) is 0 Å². The molecule has 144 valence electrons. The Morgan fingerprint density at radius 2 is 2.04 bits per heavy atom. The number of aromatic nitrogens is 1. The maximum atomic E-state index is 12.3. The van der Waals surface area contributed by atoms with E-state index in [0.717, 1.165) is 35.6 Å². The molecule has 0 saturated heterocycles. The Balaban J connectivity index is 1.35. The number of amides is 1. The van der Waals surface area contributed by atoms with E-state index in [1.807, 2.05) is 24.3 Å². The second kappa shape index (κ2) is 8.53. The van der Waals surface area contributed by atoms with Gasteiger partial charge < -0.3 is 14.8 Å². The Morgan fingerprint density at radius 1 is 1.18 bits per heavy atom. The van der Waals surface area contributed by atoms with Gasteiger partial charge in [-0.1, -0.05) is 12.5 Å². The number of carbonyl (C=O) groups is 1. The lowest BCUT2D eigenvalue weighted by molar-refractivity contribution is -0.438. The largest absolute Gasteiger partial charge is 0.454 e. The van der Waals surface area contributed by atoms with Gasteiger partial charge in [0.1, 0.15) is 11.6 Å². The van der Waals surface area contributed by atoms with Gasteiger partial charge in [-0.05, 0) is 54.8 Å². The lowest BCUT2D eigenvalue weighted by atomic mass is 10.1. The first-order chi connectivity index (χ1) is 13.7. The van der Waals surface area contributed by atoms with Crippen molar-refractivity contribution in [2.45, 2.75) is 43.7 Å². The molecule has 1 aromatic heterocycles. The number of pyridine rings is 1. The summed E-state index contributed by atoms with van der Waals surface area (Å²) in [5.74, 6) is 1.62. The number of hydrogen-bond donors (Lipinski definition) is 1. The van der Waals surface area contributed by atoms with Gasteiger partial charge in [-0.25, -0.2) is 4.98 Å². The average molecular weight is 396 g/mol. The summed E-state index contributed by atoms with van der Waals surface area (Å²) >= 11 is 1.38. The molecule has 0 radical (unpaired) electrons. The van der Waals surface area contributed by atoms with Crippen LogP contribution in [0.4, 0.5) is 0 Å². The maximum Gasteiger partial charge on any atom is 0.257 e. The summed E-state index contributed by atoms with van der Waals surface area (Å²) in [6.45, 7) is 0.662. The first-order valence-corrected chi connectivity index (χ1v) is 10.5. The van der Waals surface area contributed by atoms with Gasteiger partial charge in [-0.2, -0.15) is 5.26 Å². The van der Waals surface area contributed by atoms with Gasteiger partial charge in [0.2, 0.25) is 12.7 Å². The van der Waals surface area contributed by atoms with Crippen LogP contribution >= 0.6 is 11.8 Å². The number of rotatable bonds is 5. The molecular formula is C21H22N3O3S+. The third kappa shape index (κ3) is 4.23. The number of aromatic amines is 1. The third-order valence-corrected chi connectivity index (χ3v) is 6.00. The van der Waals surface area contributed by atoms with E-state index in [9.17, 15) is 10.1 Å². The Labute approximate surface area is 168 Å². The van der Waals surface area contributed by atoms with Gasteiger partial charge in [-0.15, -0.1) is 0 Å². The van der Waals surface area contributed by atoms with Crippen molar-refractivity contribution in [1.29, 1.82) is 5.26 Å². The number of H-pyrrole nitrogens is 1. The molecule has 1 amide bonds. The molecule has 0 atom stereocenters. The van der Waals surface area contributed by atoms with Crippen LogP contribution in [0.25, 0.3) is 0 Å². The lowest BCUT2D eigenvalue weighted by Gasteiger charge is -2.06. The van der Waals surface area contributed by atoms with Gasteiger partial charge in [0.25, 0.3) is 5.03 Å². The Kier molecular flexibility index (Phi) is 5.68. The van der Waals surface area contributed by atoms with Crippen molar-refractivity contribution in [3.63, 3.8) is 0 Å². The van der Waals surface area contributed by atoms with Gasteiger partial charge in [0.05, 0.1) is 5.75 Å². The molecule has 0 spiro atoms. The zero-order chi connectivity index (χ0) is 19.3. The Bertz CT molecular complexity index is 939. The molecule has 4 rings (SSSR count). The summed E-state index contributed by atoms with van der Waals surface area (Å²) in [6, 6.07) is 9.89. The van der Waals surface area contributed by atoms with Crippen LogP contribution in [0.1, 0.15) is 41.6 Å². The van der Waals surface area contributed by atoms with E-state index in [1.165, 1.54) is 35.9 Å². The first-order valence-electron chi connectivity index (χ1n) is 9.49. The zero-order valence-corrected chi connectivity index (χ0v) is 16.4. The molecule has 2 heterocycles. The minimum atomic E-state index is -0.0742. The molecule has 2 N–H and O–H groups in total. The second-order valence-electron chi connectivity index (χ2n) is 6.94. The maximum absolute atomic E-state index is 12.3. The summed E-state index contributed by atoms with van der Waals surface area (Å²) < 4.78 is 10.7. The lowest BCUT2D eigenvalue weighted by Crippen LogP contribution is -2.26. The number of fused-ring (bicyclic) bond motifs is 2. The smallest absolute Gasteiger partial charge is 0.257 e. The second-order valence-corrected chi connectivity index (χ2v) is 7.93. The highest BCUT2D eigenvalue weighted by Gasteiger charge is 2.21. The highest BCUT2D eigenvalue weighted by atomic mass is 32.2. The van der Waals surface area contributed by atoms with E-state index in [0.29, 0.717) is 17.9 Å². The van der Waals surface area contributed by atoms with Crippen molar-refractivity contribution < 1.29 is 19.3 Å². The van der Waals surface area contributed by atoms with Gasteiger partial charge in [-0.3, -0.25) is 4.79 Å². The number of nitrogens with zero attached hydrogens (tertiary/aromatic N) is 1. The number of carbonyl (C=O) groups excluding carboxylic acids is 1. The fourth-order valence-electron chi connectivity index (χ4n) is 3.49. The van der Waals surface area contributed by atoms with Crippen LogP contribution < -0.4 is 19.8 Å². The molecular weight excluding hydrogens is 374 g/mol. The van der Waals surface area contributed by atoms with E-state index >= 15 is 0 Å². The fraction of sp³-hybridized carbons (Fsp3) is 0.381. The van der Waals surface area contributed by atoms with Crippen molar-refractivity contribution in [3.05, 3.63) is 46.6 Å². The molecule has 2 aromatic rings. The molecule has 1 aliphatic carbocycles. The number of thioether (sulfide) groups is 1. The number of benzene rings is 1. The SMILES string of the molecule is N#Cc1cc2c([nH+]c1SCC(=O)NCc1ccc3c(c1)OCO3)CCCCC2. The van der Waals surface area contributed by atoms with Crippen LogP contribution in [-0.2, 0) is 24.2 Å². The number of aryl methyl sites for hydroxylation is 2. The molecule has 2 aliphatic rings. The van der Waals surface area contributed by atoms with Crippen molar-refractivity contribution in [3.8, 4) is 17.6 Å². The van der Waals surface area contributed by atoms with E-state index in [2.05, 4.69) is 16.4 Å². The van der Waals surface area contributed by atoms with Crippen LogP contribution in [0, 0.1) is 11.3 Å². The highest BCUT2D eigenvalue weighted by Crippen LogP contribution is 2.32. The number of nitrogens with one attached hydrogen (secondary N) is 2. The van der Waals surface area contributed by atoms with Crippen molar-refractivity contribution in [2.24, 2.45) is 0 Å². The molecule has 28 heavy (non-hydrogen) atoms. The molecule has 7 heteroatoms. The average Bonchev–Trinajstić information content (AvgIpc) is 3.06. The zero-order valence-electron chi connectivity index (χ0n) is 15.5. The highest BCUT2D eigenvalue weighted by molar-refractivity contribution is 7.99. The van der Waals surface area contributed by atoms with Crippen LogP contribution in [0.15, 0.2) is 29.3 Å². The quantitative estimate of drug-likeness (QED) is 0.620. The normalized spacial score (nSPS) is 14.7.